The summed E-state index contributed by atoms with van der Waals surface area (Å²) in [5, 5.41) is 4.17. The molecule has 1 aromatic heterocycles. The van der Waals surface area contributed by atoms with Crippen LogP contribution in [0.5, 0.6) is 0 Å². The molecule has 3 aliphatic rings. The van der Waals surface area contributed by atoms with Crippen molar-refractivity contribution in [2.24, 2.45) is 5.92 Å². The van der Waals surface area contributed by atoms with Crippen LogP contribution in [0, 0.1) is 12.8 Å². The number of benzene rings is 1. The molecule has 0 spiro atoms. The van der Waals surface area contributed by atoms with Gasteiger partial charge in [-0.25, -0.2) is 0 Å². The number of piperidine rings is 1. The first kappa shape index (κ1) is 15.2. The zero-order chi connectivity index (χ0) is 15.6. The van der Waals surface area contributed by atoms with Gasteiger partial charge in [-0.1, -0.05) is 34.8 Å². The van der Waals surface area contributed by atoms with E-state index in [-0.39, 0.29) is 0 Å². The molecule has 4 heterocycles. The fourth-order valence-corrected chi connectivity index (χ4v) is 4.68. The second kappa shape index (κ2) is 6.67. The van der Waals surface area contributed by atoms with Crippen molar-refractivity contribution in [1.29, 1.82) is 0 Å². The lowest BCUT2D eigenvalue weighted by Gasteiger charge is -2.35. The fraction of sp³-hybridized carbons (Fsp3) is 0.556. The molecule has 0 radical (unpaired) electrons. The van der Waals surface area contributed by atoms with Gasteiger partial charge in [0, 0.05) is 38.8 Å². The number of fused-ring (bicyclic) bond motifs is 4. The van der Waals surface area contributed by atoms with Crippen molar-refractivity contribution in [1.82, 2.24) is 19.4 Å². The third-order valence-electron chi connectivity index (χ3n) is 5.24. The van der Waals surface area contributed by atoms with Crippen LogP contribution >= 0.6 is 11.5 Å². The highest BCUT2D eigenvalue weighted by atomic mass is 32.1. The average molecular weight is 328 g/mol. The van der Waals surface area contributed by atoms with Crippen LogP contribution in [0.4, 0.5) is 0 Å². The number of rotatable bonds is 4. The molecule has 23 heavy (non-hydrogen) atoms. The van der Waals surface area contributed by atoms with E-state index in [9.17, 15) is 0 Å². The van der Waals surface area contributed by atoms with Crippen LogP contribution in [0.15, 0.2) is 30.3 Å². The van der Waals surface area contributed by atoms with Crippen LogP contribution in [0.1, 0.15) is 29.0 Å². The number of hydrogen-bond donors (Lipinski definition) is 0. The molecule has 3 aliphatic heterocycles. The van der Waals surface area contributed by atoms with Crippen LogP contribution in [-0.2, 0) is 13.1 Å². The van der Waals surface area contributed by atoms with Crippen LogP contribution in [0.3, 0.4) is 0 Å². The Hall–Kier alpha value is -1.30. The van der Waals surface area contributed by atoms with E-state index in [4.69, 9.17) is 0 Å². The van der Waals surface area contributed by atoms with Crippen molar-refractivity contribution in [2.45, 2.75) is 38.9 Å². The van der Waals surface area contributed by atoms with Crippen molar-refractivity contribution in [2.75, 3.05) is 19.6 Å². The Morgan fingerprint density at radius 2 is 1.96 bits per heavy atom. The number of hydrogen-bond acceptors (Lipinski definition) is 5. The summed E-state index contributed by atoms with van der Waals surface area (Å²) in [6.07, 6.45) is 2.72. The summed E-state index contributed by atoms with van der Waals surface area (Å²) < 4.78 is 4.10. The molecule has 5 rings (SSSR count). The summed E-state index contributed by atoms with van der Waals surface area (Å²) in [5.41, 5.74) is 2.54. The van der Waals surface area contributed by atoms with Gasteiger partial charge < -0.3 is 0 Å². The van der Waals surface area contributed by atoms with Crippen molar-refractivity contribution >= 4 is 11.5 Å². The van der Waals surface area contributed by atoms with Crippen LogP contribution < -0.4 is 0 Å². The van der Waals surface area contributed by atoms with Crippen LogP contribution in [0.25, 0.3) is 0 Å². The molecular weight excluding hydrogens is 304 g/mol. The summed E-state index contributed by atoms with van der Waals surface area (Å²) in [4.78, 5) is 6.68. The molecule has 3 fully saturated rings. The quantitative estimate of drug-likeness (QED) is 0.864. The third-order valence-corrected chi connectivity index (χ3v) is 6.05. The SMILES string of the molecule is Cc1nnsc1CN1C[C@@H]2CC[C@H]1CN(Cc1ccccc1)C2. The summed E-state index contributed by atoms with van der Waals surface area (Å²) in [5.74, 6) is 0.804. The molecule has 2 bridgehead atoms. The van der Waals surface area contributed by atoms with E-state index in [0.717, 1.165) is 24.7 Å². The Labute approximate surface area is 142 Å². The molecule has 0 saturated carbocycles. The first-order chi connectivity index (χ1) is 11.3. The summed E-state index contributed by atoms with van der Waals surface area (Å²) >= 11 is 1.56. The second-order valence-electron chi connectivity index (χ2n) is 6.99. The third kappa shape index (κ3) is 3.47. The molecular formula is C18H24N4S. The Balaban J connectivity index is 1.45. The summed E-state index contributed by atoms with van der Waals surface area (Å²) in [6.45, 7) is 7.86. The molecule has 0 N–H and O–H groups in total. The predicted octanol–water partition coefficient (Wildman–Crippen LogP) is 2.94. The number of aromatic nitrogens is 2. The van der Waals surface area contributed by atoms with Crippen molar-refractivity contribution in [3.8, 4) is 0 Å². The maximum atomic E-state index is 4.17. The monoisotopic (exact) mass is 328 g/mol. The van der Waals surface area contributed by atoms with Gasteiger partial charge in [0.05, 0.1) is 10.6 Å². The molecule has 0 amide bonds. The van der Waals surface area contributed by atoms with Gasteiger partial charge in [-0.05, 0) is 42.8 Å². The van der Waals surface area contributed by atoms with E-state index >= 15 is 0 Å². The molecule has 5 heteroatoms. The largest absolute Gasteiger partial charge is 0.297 e. The average Bonchev–Trinajstić information content (AvgIpc) is 2.78. The number of nitrogens with zero attached hydrogens (tertiary/aromatic N) is 4. The first-order valence-electron chi connectivity index (χ1n) is 8.56. The molecule has 3 saturated heterocycles. The lowest BCUT2D eigenvalue weighted by Crippen LogP contribution is -2.43. The predicted molar refractivity (Wildman–Crippen MR) is 93.3 cm³/mol. The van der Waals surface area contributed by atoms with E-state index in [1.54, 1.807) is 11.5 Å². The highest BCUT2D eigenvalue weighted by Crippen LogP contribution is 2.30. The number of aryl methyl sites for hydroxylation is 1. The molecule has 0 aliphatic carbocycles. The highest BCUT2D eigenvalue weighted by molar-refractivity contribution is 7.05. The lowest BCUT2D eigenvalue weighted by atomic mass is 9.95. The van der Waals surface area contributed by atoms with Gasteiger partial charge in [0.25, 0.3) is 0 Å². The van der Waals surface area contributed by atoms with Gasteiger partial charge in [-0.2, -0.15) is 0 Å². The smallest absolute Gasteiger partial charge is 0.0769 e. The Morgan fingerprint density at radius 3 is 2.74 bits per heavy atom. The van der Waals surface area contributed by atoms with E-state index in [1.807, 2.05) is 0 Å². The minimum absolute atomic E-state index is 0.680. The zero-order valence-corrected chi connectivity index (χ0v) is 14.5. The molecule has 122 valence electrons. The topological polar surface area (TPSA) is 32.3 Å². The maximum Gasteiger partial charge on any atom is 0.0769 e. The summed E-state index contributed by atoms with van der Waals surface area (Å²) in [6, 6.07) is 11.6. The minimum Gasteiger partial charge on any atom is -0.297 e. The van der Waals surface area contributed by atoms with Gasteiger partial charge in [-0.3, -0.25) is 9.80 Å². The molecule has 1 aromatic carbocycles. The van der Waals surface area contributed by atoms with Crippen molar-refractivity contribution in [3.05, 3.63) is 46.5 Å². The van der Waals surface area contributed by atoms with Crippen LogP contribution in [0.2, 0.25) is 0 Å². The molecule has 0 unspecified atom stereocenters. The van der Waals surface area contributed by atoms with E-state index < -0.39 is 0 Å². The van der Waals surface area contributed by atoms with Crippen LogP contribution in [-0.4, -0.2) is 45.1 Å². The normalized spacial score (nSPS) is 25.6. The maximum absolute atomic E-state index is 4.17. The van der Waals surface area contributed by atoms with E-state index in [2.05, 4.69) is 56.6 Å². The van der Waals surface area contributed by atoms with Crippen molar-refractivity contribution in [3.63, 3.8) is 0 Å². The molecule has 2 aromatic rings. The molecule has 4 nitrogen and oxygen atoms in total. The standard InChI is InChI=1S/C18H24N4S/c1-14-18(23-20-19-14)13-22-11-16-7-8-17(22)12-21(10-16)9-15-5-3-2-4-6-15/h2-6,16-17H,7-13H2,1H3/t16-,17+/m1/s1. The lowest BCUT2D eigenvalue weighted by molar-refractivity contribution is 0.124. The summed E-state index contributed by atoms with van der Waals surface area (Å²) in [7, 11) is 0. The first-order valence-corrected chi connectivity index (χ1v) is 9.33. The van der Waals surface area contributed by atoms with Gasteiger partial charge in [0.2, 0.25) is 0 Å². The van der Waals surface area contributed by atoms with E-state index in [0.29, 0.717) is 6.04 Å². The van der Waals surface area contributed by atoms with Crippen molar-refractivity contribution < 1.29 is 0 Å². The molecule has 2 atom stereocenters. The Morgan fingerprint density at radius 1 is 1.09 bits per heavy atom. The van der Waals surface area contributed by atoms with E-state index in [1.165, 1.54) is 42.9 Å². The van der Waals surface area contributed by atoms with Gasteiger partial charge in [0.15, 0.2) is 0 Å². The Bertz CT molecular complexity index is 641. The minimum atomic E-state index is 0.680. The van der Waals surface area contributed by atoms with Gasteiger partial charge >= 0.3 is 0 Å². The van der Waals surface area contributed by atoms with Gasteiger partial charge in [0.1, 0.15) is 0 Å². The fourth-order valence-electron chi connectivity index (χ4n) is 4.02. The zero-order valence-electron chi connectivity index (χ0n) is 13.7. The van der Waals surface area contributed by atoms with Gasteiger partial charge in [-0.15, -0.1) is 5.10 Å². The highest BCUT2D eigenvalue weighted by Gasteiger charge is 2.35. The Kier molecular flexibility index (Phi) is 4.42. The second-order valence-corrected chi connectivity index (χ2v) is 7.83.